The smallest absolute Gasteiger partial charge is 0.252 e. The molecule has 1 atom stereocenters. The van der Waals surface area contributed by atoms with Crippen molar-refractivity contribution in [3.63, 3.8) is 0 Å². The van der Waals surface area contributed by atoms with E-state index in [1.807, 2.05) is 13.8 Å². The molecule has 7 nitrogen and oxygen atoms in total. The number of carbonyl (C=O) groups excluding carboxylic acids is 1. The lowest BCUT2D eigenvalue weighted by molar-refractivity contribution is -0.127. The second kappa shape index (κ2) is 8.63. The predicted octanol–water partition coefficient (Wildman–Crippen LogP) is 2.88. The van der Waals surface area contributed by atoms with Crippen LogP contribution in [0.1, 0.15) is 53.1 Å². The van der Waals surface area contributed by atoms with Crippen molar-refractivity contribution in [3.8, 4) is 0 Å². The summed E-state index contributed by atoms with van der Waals surface area (Å²) in [6.45, 7) is 8.37. The second-order valence-electron chi connectivity index (χ2n) is 8.42. The van der Waals surface area contributed by atoms with E-state index in [9.17, 15) is 4.79 Å². The van der Waals surface area contributed by atoms with E-state index in [0.717, 1.165) is 63.4 Å². The standard InChI is InChI=1S/C22H30N4O3/c1-16-20(17(2)29-25-16)15-26-9-6-22(7-10-26)12-18(5-11-28-22)13-24-21(27)19-4-3-8-23-14-19/h3-4,8,14,18H,5-7,9-13,15H2,1-2H3,(H,24,27). The third kappa shape index (κ3) is 4.67. The molecule has 0 radical (unpaired) electrons. The third-order valence-electron chi connectivity index (χ3n) is 6.40. The van der Waals surface area contributed by atoms with Gasteiger partial charge in [-0.25, -0.2) is 0 Å². The van der Waals surface area contributed by atoms with Crippen molar-refractivity contribution in [2.75, 3.05) is 26.2 Å². The monoisotopic (exact) mass is 398 g/mol. The fourth-order valence-corrected chi connectivity index (χ4v) is 4.56. The van der Waals surface area contributed by atoms with E-state index in [0.29, 0.717) is 18.0 Å². The predicted molar refractivity (Wildman–Crippen MR) is 108 cm³/mol. The van der Waals surface area contributed by atoms with Gasteiger partial charge in [0.05, 0.1) is 16.9 Å². The lowest BCUT2D eigenvalue weighted by atomic mass is 9.79. The number of ether oxygens (including phenoxy) is 1. The molecular weight excluding hydrogens is 368 g/mol. The number of piperidine rings is 1. The van der Waals surface area contributed by atoms with Crippen molar-refractivity contribution in [1.29, 1.82) is 0 Å². The number of amides is 1. The van der Waals surface area contributed by atoms with Crippen molar-refractivity contribution in [2.45, 2.75) is 51.7 Å². The summed E-state index contributed by atoms with van der Waals surface area (Å²) in [6.07, 6.45) is 7.36. The Bertz CT molecular complexity index is 808. The maximum Gasteiger partial charge on any atom is 0.252 e. The molecule has 29 heavy (non-hydrogen) atoms. The molecule has 2 aromatic rings. The molecule has 0 bridgehead atoms. The van der Waals surface area contributed by atoms with Gasteiger partial charge in [0, 0.05) is 50.7 Å². The number of rotatable bonds is 5. The summed E-state index contributed by atoms with van der Waals surface area (Å²) in [5.41, 5.74) is 2.77. The largest absolute Gasteiger partial charge is 0.375 e. The van der Waals surface area contributed by atoms with Gasteiger partial charge in [-0.1, -0.05) is 5.16 Å². The molecule has 156 valence electrons. The van der Waals surface area contributed by atoms with Crippen molar-refractivity contribution >= 4 is 5.91 Å². The first-order valence-electron chi connectivity index (χ1n) is 10.5. The molecule has 2 aromatic heterocycles. The Morgan fingerprint density at radius 3 is 2.86 bits per heavy atom. The lowest BCUT2D eigenvalue weighted by Gasteiger charge is -2.46. The van der Waals surface area contributed by atoms with Crippen LogP contribution in [0.5, 0.6) is 0 Å². The molecule has 0 aliphatic carbocycles. The van der Waals surface area contributed by atoms with Crippen LogP contribution in [0, 0.1) is 19.8 Å². The maximum atomic E-state index is 12.3. The fraction of sp³-hybridized carbons (Fsp3) is 0.591. The van der Waals surface area contributed by atoms with Gasteiger partial charge in [0.25, 0.3) is 5.91 Å². The van der Waals surface area contributed by atoms with E-state index in [-0.39, 0.29) is 11.5 Å². The first-order chi connectivity index (χ1) is 14.0. The molecule has 7 heteroatoms. The average molecular weight is 399 g/mol. The summed E-state index contributed by atoms with van der Waals surface area (Å²) in [5, 5.41) is 7.15. The number of likely N-dealkylation sites (tertiary alicyclic amines) is 1. The van der Waals surface area contributed by atoms with E-state index in [1.54, 1.807) is 24.5 Å². The average Bonchev–Trinajstić information content (AvgIpc) is 3.06. The molecule has 0 aromatic carbocycles. The Kier molecular flexibility index (Phi) is 5.96. The summed E-state index contributed by atoms with van der Waals surface area (Å²) in [7, 11) is 0. The maximum absolute atomic E-state index is 12.3. The van der Waals surface area contributed by atoms with E-state index in [4.69, 9.17) is 9.26 Å². The summed E-state index contributed by atoms with van der Waals surface area (Å²) in [5.74, 6) is 1.33. The minimum Gasteiger partial charge on any atom is -0.375 e. The SMILES string of the molecule is Cc1noc(C)c1CN1CCC2(CC1)CC(CNC(=O)c1cccnc1)CCO2. The first kappa shape index (κ1) is 20.0. The molecular formula is C22H30N4O3. The van der Waals surface area contributed by atoms with Crippen LogP contribution in [0.2, 0.25) is 0 Å². The van der Waals surface area contributed by atoms with Gasteiger partial charge >= 0.3 is 0 Å². The molecule has 0 saturated carbocycles. The highest BCUT2D eigenvalue weighted by atomic mass is 16.5. The van der Waals surface area contributed by atoms with Crippen molar-refractivity contribution in [3.05, 3.63) is 47.1 Å². The van der Waals surface area contributed by atoms with Crippen molar-refractivity contribution in [1.82, 2.24) is 20.4 Å². The van der Waals surface area contributed by atoms with E-state index >= 15 is 0 Å². The van der Waals surface area contributed by atoms with Crippen LogP contribution in [-0.2, 0) is 11.3 Å². The van der Waals surface area contributed by atoms with Gasteiger partial charge in [0.1, 0.15) is 5.76 Å². The number of hydrogen-bond acceptors (Lipinski definition) is 6. The van der Waals surface area contributed by atoms with Crippen molar-refractivity contribution < 1.29 is 14.1 Å². The van der Waals surface area contributed by atoms with Crippen LogP contribution >= 0.6 is 0 Å². The van der Waals surface area contributed by atoms with Gasteiger partial charge in [0.15, 0.2) is 0 Å². The zero-order chi connectivity index (χ0) is 20.3. The zero-order valence-corrected chi connectivity index (χ0v) is 17.3. The quantitative estimate of drug-likeness (QED) is 0.834. The van der Waals surface area contributed by atoms with E-state index in [1.165, 1.54) is 5.56 Å². The van der Waals surface area contributed by atoms with Crippen LogP contribution in [-0.4, -0.2) is 52.8 Å². The van der Waals surface area contributed by atoms with Gasteiger partial charge in [-0.3, -0.25) is 14.7 Å². The molecule has 2 fully saturated rings. The van der Waals surface area contributed by atoms with Gasteiger partial charge in [-0.05, 0) is 57.6 Å². The second-order valence-corrected chi connectivity index (χ2v) is 8.42. The molecule has 1 spiro atoms. The van der Waals surface area contributed by atoms with E-state index in [2.05, 4.69) is 20.4 Å². The minimum atomic E-state index is -0.0482. The Morgan fingerprint density at radius 1 is 1.34 bits per heavy atom. The van der Waals surface area contributed by atoms with Gasteiger partial charge in [0.2, 0.25) is 0 Å². The highest BCUT2D eigenvalue weighted by molar-refractivity contribution is 5.93. The van der Waals surface area contributed by atoms with Crippen LogP contribution < -0.4 is 5.32 Å². The van der Waals surface area contributed by atoms with Crippen LogP contribution in [0.4, 0.5) is 0 Å². The number of aromatic nitrogens is 2. The molecule has 1 N–H and O–H groups in total. The topological polar surface area (TPSA) is 80.5 Å². The normalized spacial score (nSPS) is 21.9. The molecule has 1 amide bonds. The zero-order valence-electron chi connectivity index (χ0n) is 17.3. The molecule has 1 unspecified atom stereocenters. The van der Waals surface area contributed by atoms with Crippen LogP contribution in [0.15, 0.2) is 29.0 Å². The molecule has 4 rings (SSSR count). The first-order valence-corrected chi connectivity index (χ1v) is 10.5. The Hall–Kier alpha value is -2.25. The molecule has 4 heterocycles. The third-order valence-corrected chi connectivity index (χ3v) is 6.40. The van der Waals surface area contributed by atoms with Crippen LogP contribution in [0.25, 0.3) is 0 Å². The summed E-state index contributed by atoms with van der Waals surface area (Å²) in [6, 6.07) is 3.58. The number of nitrogens with one attached hydrogen (secondary N) is 1. The van der Waals surface area contributed by atoms with Crippen LogP contribution in [0.3, 0.4) is 0 Å². The molecule has 2 aliphatic heterocycles. The number of nitrogens with zero attached hydrogens (tertiary/aromatic N) is 3. The van der Waals surface area contributed by atoms with Gasteiger partial charge in [-0.15, -0.1) is 0 Å². The number of aryl methyl sites for hydroxylation is 2. The highest BCUT2D eigenvalue weighted by Gasteiger charge is 2.40. The summed E-state index contributed by atoms with van der Waals surface area (Å²) >= 11 is 0. The number of pyridine rings is 1. The Morgan fingerprint density at radius 2 is 2.17 bits per heavy atom. The van der Waals surface area contributed by atoms with Crippen molar-refractivity contribution in [2.24, 2.45) is 5.92 Å². The van der Waals surface area contributed by atoms with Gasteiger partial charge < -0.3 is 14.6 Å². The van der Waals surface area contributed by atoms with E-state index < -0.39 is 0 Å². The Labute approximate surface area is 171 Å². The molecule has 2 aliphatic rings. The molecule has 2 saturated heterocycles. The minimum absolute atomic E-state index is 0.0445. The highest BCUT2D eigenvalue weighted by Crippen LogP contribution is 2.38. The summed E-state index contributed by atoms with van der Waals surface area (Å²) < 4.78 is 11.6. The summed E-state index contributed by atoms with van der Waals surface area (Å²) in [4.78, 5) is 18.8. The fourth-order valence-electron chi connectivity index (χ4n) is 4.56. The lowest BCUT2D eigenvalue weighted by Crippen LogP contribution is -2.50. The van der Waals surface area contributed by atoms with Gasteiger partial charge in [-0.2, -0.15) is 0 Å². The Balaban J connectivity index is 1.28. The number of carbonyl (C=O) groups is 1. The number of hydrogen-bond donors (Lipinski definition) is 1.